The van der Waals surface area contributed by atoms with E-state index in [1.807, 2.05) is 6.07 Å². The van der Waals surface area contributed by atoms with Gasteiger partial charge >= 0.3 is 0 Å². The Kier molecular flexibility index (Phi) is 4.32. The summed E-state index contributed by atoms with van der Waals surface area (Å²) in [5, 5.41) is 6.83. The molecule has 1 aromatic carbocycles. The Morgan fingerprint density at radius 3 is 2.86 bits per heavy atom. The number of hydrogen-bond donors (Lipinski definition) is 1. The molecule has 3 rings (SSSR count). The fourth-order valence-corrected chi connectivity index (χ4v) is 2.33. The van der Waals surface area contributed by atoms with Gasteiger partial charge in [0, 0.05) is 16.2 Å². The van der Waals surface area contributed by atoms with Crippen molar-refractivity contribution < 1.29 is 8.91 Å². The molecule has 0 saturated carbocycles. The van der Waals surface area contributed by atoms with E-state index in [1.165, 1.54) is 6.07 Å². The van der Waals surface area contributed by atoms with Gasteiger partial charge in [-0.1, -0.05) is 5.16 Å². The molecule has 5 nitrogen and oxygen atoms in total. The number of anilines is 2. The molecule has 2 heterocycles. The average molecular weight is 409 g/mol. The van der Waals surface area contributed by atoms with Crippen molar-refractivity contribution in [3.05, 3.63) is 58.8 Å². The first-order chi connectivity index (χ1) is 10.7. The Labute approximate surface area is 140 Å². The van der Waals surface area contributed by atoms with Crippen LogP contribution in [0.25, 0.3) is 11.5 Å². The third kappa shape index (κ3) is 3.08. The molecular weight excluding hydrogens is 398 g/mol. The minimum Gasteiger partial charge on any atom is -0.351 e. The summed E-state index contributed by atoms with van der Waals surface area (Å²) in [4.78, 5) is 8.29. The molecule has 0 spiro atoms. The zero-order valence-electron chi connectivity index (χ0n) is 11.4. The Morgan fingerprint density at radius 1 is 1.27 bits per heavy atom. The van der Waals surface area contributed by atoms with Gasteiger partial charge in [0.15, 0.2) is 5.82 Å². The highest BCUT2D eigenvalue weighted by atomic mass is 127. The molecule has 2 aromatic heterocycles. The van der Waals surface area contributed by atoms with Gasteiger partial charge in [-0.25, -0.2) is 4.39 Å². The molecule has 0 unspecified atom stereocenters. The van der Waals surface area contributed by atoms with Gasteiger partial charge in [-0.2, -0.15) is 4.98 Å². The summed E-state index contributed by atoms with van der Waals surface area (Å²) in [6, 6.07) is 6.67. The van der Waals surface area contributed by atoms with Crippen LogP contribution in [0.5, 0.6) is 0 Å². The van der Waals surface area contributed by atoms with Crippen LogP contribution in [0.1, 0.15) is 5.82 Å². The molecule has 3 aromatic rings. The molecule has 0 aliphatic rings. The lowest BCUT2D eigenvalue weighted by Crippen LogP contribution is -1.97. The van der Waals surface area contributed by atoms with E-state index in [9.17, 15) is 4.39 Å². The zero-order chi connectivity index (χ0) is 15.5. The second-order valence-corrected chi connectivity index (χ2v) is 5.68. The molecule has 1 radical (unpaired) electrons. The number of pyridine rings is 1. The largest absolute Gasteiger partial charge is 0.351 e. The molecule has 1 N–H and O–H groups in total. The van der Waals surface area contributed by atoms with Crippen LogP contribution in [0.2, 0.25) is 0 Å². The highest BCUT2D eigenvalue weighted by molar-refractivity contribution is 14.1. The topological polar surface area (TPSA) is 63.8 Å². The third-order valence-corrected chi connectivity index (χ3v) is 3.61. The van der Waals surface area contributed by atoms with Crippen molar-refractivity contribution in [3.8, 4) is 11.5 Å². The normalized spacial score (nSPS) is 10.7. The molecule has 22 heavy (non-hydrogen) atoms. The first kappa shape index (κ1) is 14.9. The van der Waals surface area contributed by atoms with Crippen LogP contribution in [-0.4, -0.2) is 15.1 Å². The maximum atomic E-state index is 14.0. The van der Waals surface area contributed by atoms with E-state index >= 15 is 0 Å². The average Bonchev–Trinajstić information content (AvgIpc) is 2.99. The van der Waals surface area contributed by atoms with Crippen molar-refractivity contribution in [1.29, 1.82) is 0 Å². The van der Waals surface area contributed by atoms with Crippen molar-refractivity contribution in [1.82, 2.24) is 15.1 Å². The van der Waals surface area contributed by atoms with Gasteiger partial charge in [-0.05, 0) is 53.8 Å². The molecule has 0 saturated heterocycles. The van der Waals surface area contributed by atoms with Crippen LogP contribution in [0.4, 0.5) is 15.8 Å². The minimum atomic E-state index is -0.342. The van der Waals surface area contributed by atoms with Crippen molar-refractivity contribution in [2.24, 2.45) is 0 Å². The van der Waals surface area contributed by atoms with E-state index in [0.717, 1.165) is 3.57 Å². The maximum absolute atomic E-state index is 14.0. The number of benzene rings is 1. The van der Waals surface area contributed by atoms with E-state index in [0.29, 0.717) is 35.1 Å². The molecule has 0 fully saturated rings. The quantitative estimate of drug-likeness (QED) is 0.661. The Balaban J connectivity index is 1.97. The monoisotopic (exact) mass is 409 g/mol. The van der Waals surface area contributed by atoms with Crippen molar-refractivity contribution in [2.75, 3.05) is 5.32 Å². The van der Waals surface area contributed by atoms with Crippen LogP contribution in [0, 0.1) is 16.3 Å². The summed E-state index contributed by atoms with van der Waals surface area (Å²) in [7, 11) is 0. The predicted molar refractivity (Wildman–Crippen MR) is 89.0 cm³/mol. The molecule has 0 atom stereocenters. The lowest BCUT2D eigenvalue weighted by molar-refractivity contribution is 0.424. The summed E-state index contributed by atoms with van der Waals surface area (Å²) in [5.41, 5.74) is 1.59. The summed E-state index contributed by atoms with van der Waals surface area (Å²) in [6.45, 7) is 3.71. The van der Waals surface area contributed by atoms with Crippen LogP contribution < -0.4 is 5.32 Å². The van der Waals surface area contributed by atoms with Gasteiger partial charge < -0.3 is 9.84 Å². The SMILES string of the molecule is [CH2]Cc1noc(-c2ccncc2Nc2ccc(I)cc2F)n1. The number of rotatable bonds is 4. The van der Waals surface area contributed by atoms with Gasteiger partial charge in [0.25, 0.3) is 5.89 Å². The van der Waals surface area contributed by atoms with Crippen LogP contribution in [0.15, 0.2) is 41.2 Å². The summed E-state index contributed by atoms with van der Waals surface area (Å²) in [5.74, 6) is 0.512. The Hall–Kier alpha value is -2.03. The number of nitrogens with one attached hydrogen (secondary N) is 1. The first-order valence-corrected chi connectivity index (χ1v) is 7.53. The number of aromatic nitrogens is 3. The van der Waals surface area contributed by atoms with E-state index in [1.54, 1.807) is 24.5 Å². The second-order valence-electron chi connectivity index (χ2n) is 4.44. The van der Waals surface area contributed by atoms with Crippen molar-refractivity contribution in [3.63, 3.8) is 0 Å². The van der Waals surface area contributed by atoms with E-state index in [2.05, 4.69) is 50.0 Å². The fraction of sp³-hybridized carbons (Fsp3) is 0.0667. The lowest BCUT2D eigenvalue weighted by atomic mass is 10.2. The van der Waals surface area contributed by atoms with E-state index in [-0.39, 0.29) is 5.82 Å². The van der Waals surface area contributed by atoms with E-state index in [4.69, 9.17) is 4.52 Å². The number of halogens is 2. The fourth-order valence-electron chi connectivity index (χ4n) is 1.88. The van der Waals surface area contributed by atoms with Gasteiger partial charge in [0.2, 0.25) is 0 Å². The smallest absolute Gasteiger partial charge is 0.260 e. The first-order valence-electron chi connectivity index (χ1n) is 6.45. The summed E-state index contributed by atoms with van der Waals surface area (Å²) < 4.78 is 20.0. The molecular formula is C15H11FIN4O. The summed E-state index contributed by atoms with van der Waals surface area (Å²) >= 11 is 2.06. The number of hydrogen-bond acceptors (Lipinski definition) is 5. The maximum Gasteiger partial charge on any atom is 0.260 e. The molecule has 0 aliphatic carbocycles. The molecule has 0 bridgehead atoms. The molecule has 111 valence electrons. The van der Waals surface area contributed by atoms with Crippen molar-refractivity contribution >= 4 is 34.0 Å². The lowest BCUT2D eigenvalue weighted by Gasteiger charge is -2.10. The molecule has 7 heteroatoms. The summed E-state index contributed by atoms with van der Waals surface area (Å²) in [6.07, 6.45) is 3.63. The van der Waals surface area contributed by atoms with Gasteiger partial charge in [-0.15, -0.1) is 0 Å². The van der Waals surface area contributed by atoms with Crippen LogP contribution >= 0.6 is 22.6 Å². The molecule has 0 aliphatic heterocycles. The van der Waals surface area contributed by atoms with Gasteiger partial charge in [0.05, 0.1) is 23.1 Å². The van der Waals surface area contributed by atoms with Crippen LogP contribution in [0.3, 0.4) is 0 Å². The Bertz CT molecular complexity index is 806. The van der Waals surface area contributed by atoms with Crippen molar-refractivity contribution in [2.45, 2.75) is 6.42 Å². The predicted octanol–water partition coefficient (Wildman–Crippen LogP) is 4.00. The van der Waals surface area contributed by atoms with Gasteiger partial charge in [0.1, 0.15) is 5.82 Å². The zero-order valence-corrected chi connectivity index (χ0v) is 13.5. The van der Waals surface area contributed by atoms with Gasteiger partial charge in [-0.3, -0.25) is 4.98 Å². The second kappa shape index (κ2) is 6.39. The Morgan fingerprint density at radius 2 is 2.14 bits per heavy atom. The highest BCUT2D eigenvalue weighted by Crippen LogP contribution is 2.29. The number of nitrogens with zero attached hydrogens (tertiary/aromatic N) is 3. The highest BCUT2D eigenvalue weighted by Gasteiger charge is 2.14. The van der Waals surface area contributed by atoms with Crippen LogP contribution in [-0.2, 0) is 6.42 Å². The molecule has 0 amide bonds. The standard InChI is InChI=1S/C15H11FIN4O/c1-2-14-20-15(22-21-14)10-5-6-18-8-13(10)19-12-4-3-9(17)7-11(12)16/h3-8,19H,1-2H2. The minimum absolute atomic E-state index is 0.342. The van der Waals surface area contributed by atoms with E-state index < -0.39 is 0 Å². The third-order valence-electron chi connectivity index (χ3n) is 2.94.